The first kappa shape index (κ1) is 12.8. The fraction of sp³-hybridized carbons (Fsp3) is 0.154. The van der Waals surface area contributed by atoms with E-state index in [0.29, 0.717) is 5.82 Å². The molecule has 1 N–H and O–H groups in total. The molecule has 1 aromatic heterocycles. The molecule has 0 aliphatic heterocycles. The highest BCUT2D eigenvalue weighted by Crippen LogP contribution is 1.99. The van der Waals surface area contributed by atoms with Crippen molar-refractivity contribution >= 4 is 12.0 Å². The Morgan fingerprint density at radius 1 is 1.11 bits per heavy atom. The van der Waals surface area contributed by atoms with E-state index in [4.69, 9.17) is 0 Å². The zero-order chi connectivity index (χ0) is 13.8. The van der Waals surface area contributed by atoms with E-state index < -0.39 is 5.69 Å². The maximum Gasteiger partial charge on any atom is 0.332 e. The second-order valence-electron chi connectivity index (χ2n) is 4.05. The molecule has 0 atom stereocenters. The summed E-state index contributed by atoms with van der Waals surface area (Å²) in [6.07, 6.45) is 1.61. The van der Waals surface area contributed by atoms with Crippen LogP contribution in [0, 0.1) is 0 Å². The first-order chi connectivity index (χ1) is 9.09. The lowest BCUT2D eigenvalue weighted by Gasteiger charge is -2.07. The minimum absolute atomic E-state index is 0.347. The molecule has 0 saturated carbocycles. The zero-order valence-corrected chi connectivity index (χ0v) is 10.7. The first-order valence-corrected chi connectivity index (χ1v) is 5.71. The molecule has 2 aromatic rings. The van der Waals surface area contributed by atoms with Crippen LogP contribution in [0.4, 0.5) is 5.82 Å². The van der Waals surface area contributed by atoms with E-state index >= 15 is 0 Å². The number of anilines is 1. The summed E-state index contributed by atoms with van der Waals surface area (Å²) in [5, 5.41) is 4.00. The molecule has 19 heavy (non-hydrogen) atoms. The van der Waals surface area contributed by atoms with Gasteiger partial charge in [0, 0.05) is 20.2 Å². The normalized spacial score (nSPS) is 10.8. The summed E-state index contributed by atoms with van der Waals surface area (Å²) in [6.45, 7) is 0. The fourth-order valence-electron chi connectivity index (χ4n) is 1.55. The van der Waals surface area contributed by atoms with Gasteiger partial charge in [-0.1, -0.05) is 30.3 Å². The number of rotatable bonds is 3. The lowest BCUT2D eigenvalue weighted by Crippen LogP contribution is -2.37. The largest absolute Gasteiger partial charge is 0.332 e. The molecular formula is C13H14N4O2. The highest BCUT2D eigenvalue weighted by atomic mass is 16.2. The summed E-state index contributed by atoms with van der Waals surface area (Å²) in [5.41, 5.74) is 2.84. The van der Waals surface area contributed by atoms with Crippen molar-refractivity contribution in [2.24, 2.45) is 19.2 Å². The Kier molecular flexibility index (Phi) is 3.61. The zero-order valence-electron chi connectivity index (χ0n) is 10.7. The lowest BCUT2D eigenvalue weighted by molar-refractivity contribution is 0.690. The highest BCUT2D eigenvalue weighted by molar-refractivity contribution is 5.79. The van der Waals surface area contributed by atoms with Gasteiger partial charge in [-0.2, -0.15) is 5.10 Å². The van der Waals surface area contributed by atoms with Gasteiger partial charge in [-0.15, -0.1) is 0 Å². The molecule has 0 spiro atoms. The Labute approximate surface area is 109 Å². The van der Waals surface area contributed by atoms with Crippen LogP contribution in [0.2, 0.25) is 0 Å². The highest BCUT2D eigenvalue weighted by Gasteiger charge is 2.03. The Morgan fingerprint density at radius 3 is 2.47 bits per heavy atom. The van der Waals surface area contributed by atoms with Gasteiger partial charge in [-0.05, 0) is 5.56 Å². The van der Waals surface area contributed by atoms with E-state index in [0.717, 1.165) is 10.1 Å². The number of nitrogens with zero attached hydrogens (tertiary/aromatic N) is 3. The molecule has 2 rings (SSSR count). The van der Waals surface area contributed by atoms with Crippen molar-refractivity contribution in [2.75, 3.05) is 5.43 Å². The summed E-state index contributed by atoms with van der Waals surface area (Å²) in [7, 11) is 3.00. The van der Waals surface area contributed by atoms with Gasteiger partial charge < -0.3 is 0 Å². The van der Waals surface area contributed by atoms with Gasteiger partial charge in [0.15, 0.2) is 0 Å². The number of hydrogen-bond donors (Lipinski definition) is 1. The van der Waals surface area contributed by atoms with Gasteiger partial charge >= 0.3 is 5.69 Å². The molecule has 0 amide bonds. The maximum atomic E-state index is 11.7. The van der Waals surface area contributed by atoms with E-state index in [1.54, 1.807) is 13.3 Å². The van der Waals surface area contributed by atoms with E-state index in [1.165, 1.54) is 17.7 Å². The Bertz CT molecular complexity index is 714. The third-order valence-electron chi connectivity index (χ3n) is 2.72. The number of hydrogen-bond acceptors (Lipinski definition) is 4. The topological polar surface area (TPSA) is 68.4 Å². The molecule has 0 saturated heterocycles. The quantitative estimate of drug-likeness (QED) is 0.645. The van der Waals surface area contributed by atoms with Crippen molar-refractivity contribution < 1.29 is 0 Å². The average molecular weight is 258 g/mol. The number of aromatic nitrogens is 2. The van der Waals surface area contributed by atoms with Gasteiger partial charge in [0.05, 0.1) is 6.21 Å². The Morgan fingerprint density at radius 2 is 1.79 bits per heavy atom. The number of nitrogens with one attached hydrogen (secondary N) is 1. The van der Waals surface area contributed by atoms with Crippen molar-refractivity contribution in [3.8, 4) is 0 Å². The third kappa shape index (κ3) is 2.79. The van der Waals surface area contributed by atoms with Gasteiger partial charge in [-0.3, -0.25) is 19.4 Å². The molecule has 0 aliphatic rings. The van der Waals surface area contributed by atoms with Crippen molar-refractivity contribution in [3.05, 3.63) is 62.8 Å². The van der Waals surface area contributed by atoms with Crippen LogP contribution >= 0.6 is 0 Å². The van der Waals surface area contributed by atoms with Crippen LogP contribution in [0.15, 0.2) is 51.1 Å². The predicted molar refractivity (Wildman–Crippen MR) is 74.6 cm³/mol. The minimum Gasteiger partial charge on any atom is -0.281 e. The second kappa shape index (κ2) is 5.34. The third-order valence-corrected chi connectivity index (χ3v) is 2.72. The van der Waals surface area contributed by atoms with Crippen molar-refractivity contribution in [2.45, 2.75) is 0 Å². The van der Waals surface area contributed by atoms with Gasteiger partial charge in [0.1, 0.15) is 5.82 Å². The molecule has 0 radical (unpaired) electrons. The van der Waals surface area contributed by atoms with Gasteiger partial charge in [-0.25, -0.2) is 4.79 Å². The monoisotopic (exact) mass is 258 g/mol. The first-order valence-electron chi connectivity index (χ1n) is 5.71. The molecule has 1 aromatic carbocycles. The molecule has 6 nitrogen and oxygen atoms in total. The Balaban J connectivity index is 2.24. The van der Waals surface area contributed by atoms with Crippen LogP contribution in [0.3, 0.4) is 0 Å². The van der Waals surface area contributed by atoms with Crippen molar-refractivity contribution in [1.29, 1.82) is 0 Å². The summed E-state index contributed by atoms with van der Waals surface area (Å²) in [5.74, 6) is 0.347. The molecular weight excluding hydrogens is 244 g/mol. The fourth-order valence-corrected chi connectivity index (χ4v) is 1.55. The molecule has 0 aliphatic carbocycles. The Hall–Kier alpha value is -2.63. The van der Waals surface area contributed by atoms with Crippen LogP contribution in [-0.4, -0.2) is 15.3 Å². The molecule has 1 heterocycles. The SMILES string of the molecule is Cn1c(N/N=C/c2ccccc2)cc(=O)n(C)c1=O. The summed E-state index contributed by atoms with van der Waals surface area (Å²) in [4.78, 5) is 23.2. The van der Waals surface area contributed by atoms with Crippen LogP contribution in [0.1, 0.15) is 5.56 Å². The number of hydrazone groups is 1. The summed E-state index contributed by atoms with van der Waals surface area (Å²) < 4.78 is 2.36. The van der Waals surface area contributed by atoms with Gasteiger partial charge in [0.2, 0.25) is 0 Å². The molecule has 0 fully saturated rings. The van der Waals surface area contributed by atoms with Crippen molar-refractivity contribution in [1.82, 2.24) is 9.13 Å². The van der Waals surface area contributed by atoms with Gasteiger partial charge in [0.25, 0.3) is 5.56 Å². The standard InChI is InChI=1S/C13H14N4O2/c1-16-11(8-12(18)17(2)13(16)19)15-14-9-10-6-4-3-5-7-10/h3-9,15H,1-2H3/b14-9+. The molecule has 0 bridgehead atoms. The molecule has 0 unspecified atom stereocenters. The minimum atomic E-state index is -0.398. The van der Waals surface area contributed by atoms with E-state index in [2.05, 4.69) is 10.5 Å². The average Bonchev–Trinajstić information content (AvgIpc) is 2.43. The van der Waals surface area contributed by atoms with Crippen LogP contribution in [0.25, 0.3) is 0 Å². The van der Waals surface area contributed by atoms with E-state index in [-0.39, 0.29) is 5.56 Å². The second-order valence-corrected chi connectivity index (χ2v) is 4.05. The summed E-state index contributed by atoms with van der Waals surface area (Å²) >= 11 is 0. The summed E-state index contributed by atoms with van der Waals surface area (Å²) in [6, 6.07) is 10.8. The van der Waals surface area contributed by atoms with Crippen LogP contribution < -0.4 is 16.7 Å². The maximum absolute atomic E-state index is 11.7. The molecule has 6 heteroatoms. The lowest BCUT2D eigenvalue weighted by atomic mass is 10.2. The van der Waals surface area contributed by atoms with E-state index in [9.17, 15) is 9.59 Å². The molecule has 98 valence electrons. The number of benzene rings is 1. The predicted octanol–water partition coefficient (Wildman–Crippen LogP) is 0.530. The van der Waals surface area contributed by atoms with E-state index in [1.807, 2.05) is 30.3 Å². The van der Waals surface area contributed by atoms with Crippen molar-refractivity contribution in [3.63, 3.8) is 0 Å². The van der Waals surface area contributed by atoms with Crippen LogP contribution in [-0.2, 0) is 14.1 Å². The van der Waals surface area contributed by atoms with Crippen LogP contribution in [0.5, 0.6) is 0 Å². The smallest absolute Gasteiger partial charge is 0.281 e.